The Kier molecular flexibility index (Phi) is 2.05. The molecular formula is C6H7F3N2O2. The molecule has 0 amide bonds. The van der Waals surface area contributed by atoms with Crippen LogP contribution >= 0.6 is 0 Å². The lowest BCUT2D eigenvalue weighted by Gasteiger charge is -2.15. The van der Waals surface area contributed by atoms with Gasteiger partial charge in [0.15, 0.2) is 11.6 Å². The number of carboxylic acids is 1. The topological polar surface area (TPSA) is 62.0 Å². The molecule has 0 aliphatic carbocycles. The third-order valence-electron chi connectivity index (χ3n) is 1.85. The number of aliphatic carboxylic acids is 1. The summed E-state index contributed by atoms with van der Waals surface area (Å²) < 4.78 is 36.1. The van der Waals surface area contributed by atoms with Crippen molar-refractivity contribution in [3.05, 3.63) is 0 Å². The van der Waals surface area contributed by atoms with Gasteiger partial charge in [-0.05, 0) is 6.92 Å². The van der Waals surface area contributed by atoms with Crippen LogP contribution in [0.25, 0.3) is 0 Å². The van der Waals surface area contributed by atoms with Crippen molar-refractivity contribution < 1.29 is 23.1 Å². The smallest absolute Gasteiger partial charge is 0.412 e. The van der Waals surface area contributed by atoms with E-state index >= 15 is 0 Å². The van der Waals surface area contributed by atoms with E-state index in [1.807, 2.05) is 0 Å². The van der Waals surface area contributed by atoms with E-state index in [4.69, 9.17) is 5.11 Å². The molecule has 7 heteroatoms. The van der Waals surface area contributed by atoms with Crippen LogP contribution in [0.1, 0.15) is 13.3 Å². The molecule has 0 spiro atoms. The lowest BCUT2D eigenvalue weighted by Crippen LogP contribution is -2.36. The Labute approximate surface area is 71.5 Å². The van der Waals surface area contributed by atoms with Crippen molar-refractivity contribution in [1.29, 1.82) is 0 Å². The molecule has 1 heterocycles. The second-order valence-corrected chi connectivity index (χ2v) is 3.06. The Morgan fingerprint density at radius 3 is 2.38 bits per heavy atom. The Balaban J connectivity index is 2.77. The summed E-state index contributed by atoms with van der Waals surface area (Å²) in [6, 6.07) is -1.98. The molecule has 2 atom stereocenters. The van der Waals surface area contributed by atoms with Crippen LogP contribution in [0, 0.1) is 0 Å². The SMILES string of the molecule is CC1(C(=O)O)CC(C(F)(F)F)N=N1. The quantitative estimate of drug-likeness (QED) is 0.692. The van der Waals surface area contributed by atoms with Crippen LogP contribution in [-0.2, 0) is 4.79 Å². The number of rotatable bonds is 1. The zero-order chi connectivity index (χ0) is 10.3. The van der Waals surface area contributed by atoms with Gasteiger partial charge in [0, 0.05) is 6.42 Å². The minimum Gasteiger partial charge on any atom is -0.479 e. The number of halogens is 3. The van der Waals surface area contributed by atoms with Crippen LogP contribution in [0.15, 0.2) is 10.2 Å². The van der Waals surface area contributed by atoms with Gasteiger partial charge < -0.3 is 5.11 Å². The van der Waals surface area contributed by atoms with Crippen molar-refractivity contribution in [2.45, 2.75) is 31.1 Å². The predicted octanol–water partition coefficient (Wildman–Crippen LogP) is 1.62. The maximum atomic E-state index is 12.0. The Morgan fingerprint density at radius 1 is 1.62 bits per heavy atom. The molecule has 74 valence electrons. The molecular weight excluding hydrogens is 189 g/mol. The fourth-order valence-electron chi connectivity index (χ4n) is 0.967. The second-order valence-electron chi connectivity index (χ2n) is 3.06. The van der Waals surface area contributed by atoms with Crippen LogP contribution in [0.2, 0.25) is 0 Å². The average Bonchev–Trinajstić information content (AvgIpc) is 2.31. The number of carboxylic acid groups (broad SMARTS) is 1. The number of alkyl halides is 3. The van der Waals surface area contributed by atoms with Crippen LogP contribution in [0.5, 0.6) is 0 Å². The van der Waals surface area contributed by atoms with Crippen LogP contribution < -0.4 is 0 Å². The molecule has 0 aromatic rings. The van der Waals surface area contributed by atoms with Gasteiger partial charge >= 0.3 is 12.1 Å². The van der Waals surface area contributed by atoms with Gasteiger partial charge in [-0.2, -0.15) is 23.4 Å². The zero-order valence-electron chi connectivity index (χ0n) is 6.67. The monoisotopic (exact) mass is 196 g/mol. The highest BCUT2D eigenvalue weighted by molar-refractivity contribution is 5.78. The first-order chi connectivity index (χ1) is 5.76. The molecule has 1 aliphatic heterocycles. The molecule has 0 saturated carbocycles. The summed E-state index contributed by atoms with van der Waals surface area (Å²) >= 11 is 0. The molecule has 1 aliphatic rings. The van der Waals surface area contributed by atoms with Crippen molar-refractivity contribution in [3.8, 4) is 0 Å². The highest BCUT2D eigenvalue weighted by atomic mass is 19.4. The molecule has 4 nitrogen and oxygen atoms in total. The first-order valence-corrected chi connectivity index (χ1v) is 3.48. The molecule has 0 fully saturated rings. The van der Waals surface area contributed by atoms with E-state index in [2.05, 4.69) is 10.2 Å². The summed E-state index contributed by atoms with van der Waals surface area (Å²) in [5.74, 6) is -1.39. The maximum absolute atomic E-state index is 12.0. The molecule has 13 heavy (non-hydrogen) atoms. The molecule has 0 radical (unpaired) electrons. The largest absolute Gasteiger partial charge is 0.479 e. The zero-order valence-corrected chi connectivity index (χ0v) is 6.67. The Morgan fingerprint density at radius 2 is 2.15 bits per heavy atom. The lowest BCUT2D eigenvalue weighted by atomic mass is 9.96. The minimum atomic E-state index is -4.50. The first kappa shape index (κ1) is 9.94. The van der Waals surface area contributed by atoms with Crippen molar-refractivity contribution in [1.82, 2.24) is 0 Å². The molecule has 1 N–H and O–H groups in total. The normalized spacial score (nSPS) is 33.7. The van der Waals surface area contributed by atoms with Crippen molar-refractivity contribution >= 4 is 5.97 Å². The number of hydrogen-bond acceptors (Lipinski definition) is 3. The lowest BCUT2D eigenvalue weighted by molar-refractivity contribution is -0.152. The number of carbonyl (C=O) groups is 1. The Bertz CT molecular complexity index is 263. The van der Waals surface area contributed by atoms with E-state index < -0.39 is 30.1 Å². The third-order valence-corrected chi connectivity index (χ3v) is 1.85. The minimum absolute atomic E-state index is 0.619. The summed E-state index contributed by atoms with van der Waals surface area (Å²) in [4.78, 5) is 10.5. The summed E-state index contributed by atoms with van der Waals surface area (Å²) in [5, 5.41) is 14.6. The van der Waals surface area contributed by atoms with E-state index in [1.54, 1.807) is 0 Å². The molecule has 1 rings (SSSR count). The van der Waals surface area contributed by atoms with Crippen LogP contribution in [0.3, 0.4) is 0 Å². The van der Waals surface area contributed by atoms with Crippen molar-refractivity contribution in [2.24, 2.45) is 10.2 Å². The highest BCUT2D eigenvalue weighted by Crippen LogP contribution is 2.36. The number of hydrogen-bond donors (Lipinski definition) is 1. The van der Waals surface area contributed by atoms with E-state index in [1.165, 1.54) is 0 Å². The van der Waals surface area contributed by atoms with Gasteiger partial charge in [0.1, 0.15) is 0 Å². The van der Waals surface area contributed by atoms with Gasteiger partial charge in [0.2, 0.25) is 0 Å². The third kappa shape index (κ3) is 1.78. The average molecular weight is 196 g/mol. The molecule has 0 aromatic carbocycles. The molecule has 0 aromatic heterocycles. The van der Waals surface area contributed by atoms with E-state index in [-0.39, 0.29) is 0 Å². The first-order valence-electron chi connectivity index (χ1n) is 3.48. The van der Waals surface area contributed by atoms with Crippen LogP contribution in [-0.4, -0.2) is 28.8 Å². The summed E-state index contributed by atoms with van der Waals surface area (Å²) in [5.41, 5.74) is -1.72. The van der Waals surface area contributed by atoms with Gasteiger partial charge in [-0.25, -0.2) is 4.79 Å². The van der Waals surface area contributed by atoms with Crippen LogP contribution in [0.4, 0.5) is 13.2 Å². The van der Waals surface area contributed by atoms with Gasteiger partial charge in [-0.3, -0.25) is 0 Å². The fourth-order valence-corrected chi connectivity index (χ4v) is 0.967. The fraction of sp³-hybridized carbons (Fsp3) is 0.833. The van der Waals surface area contributed by atoms with Gasteiger partial charge in [-0.1, -0.05) is 0 Å². The maximum Gasteiger partial charge on any atom is 0.412 e. The van der Waals surface area contributed by atoms with Crippen molar-refractivity contribution in [3.63, 3.8) is 0 Å². The molecule has 0 saturated heterocycles. The number of azo groups is 1. The summed E-state index contributed by atoms with van der Waals surface area (Å²) in [6.07, 6.45) is -5.12. The van der Waals surface area contributed by atoms with E-state index in [0.29, 0.717) is 0 Å². The van der Waals surface area contributed by atoms with E-state index in [9.17, 15) is 18.0 Å². The summed E-state index contributed by atoms with van der Waals surface area (Å²) in [7, 11) is 0. The highest BCUT2D eigenvalue weighted by Gasteiger charge is 2.51. The van der Waals surface area contributed by atoms with Gasteiger partial charge in [0.25, 0.3) is 0 Å². The van der Waals surface area contributed by atoms with Crippen molar-refractivity contribution in [2.75, 3.05) is 0 Å². The second kappa shape index (κ2) is 2.68. The predicted molar refractivity (Wildman–Crippen MR) is 35.4 cm³/mol. The van der Waals surface area contributed by atoms with Gasteiger partial charge in [-0.15, -0.1) is 0 Å². The molecule has 0 bridgehead atoms. The summed E-state index contributed by atoms with van der Waals surface area (Å²) in [6.45, 7) is 1.12. The number of nitrogens with zero attached hydrogens (tertiary/aromatic N) is 2. The molecule has 2 unspecified atom stereocenters. The Hall–Kier alpha value is -1.14. The standard InChI is InChI=1S/C6H7F3N2O2/c1-5(4(12)13)2-3(10-11-5)6(7,8)9/h3H,2H2,1H3,(H,12,13). The van der Waals surface area contributed by atoms with Gasteiger partial charge in [0.05, 0.1) is 0 Å². The van der Waals surface area contributed by atoms with E-state index in [0.717, 1.165) is 6.92 Å².